The first kappa shape index (κ1) is 21.1. The zero-order chi connectivity index (χ0) is 19.6. The zero-order valence-corrected chi connectivity index (χ0v) is 17.2. The normalized spacial score (nSPS) is 10.6. The first-order chi connectivity index (χ1) is 13.1. The summed E-state index contributed by atoms with van der Waals surface area (Å²) in [6.07, 6.45) is 4.21. The summed E-state index contributed by atoms with van der Waals surface area (Å²) in [4.78, 5) is 30.8. The van der Waals surface area contributed by atoms with Crippen LogP contribution in [0.5, 0.6) is 0 Å². The highest BCUT2D eigenvalue weighted by molar-refractivity contribution is 7.09. The molecule has 0 spiro atoms. The minimum atomic E-state index is -0.420. The van der Waals surface area contributed by atoms with E-state index in [1.165, 1.54) is 16.9 Å². The molecule has 0 saturated carbocycles. The maximum atomic E-state index is 12.9. The van der Waals surface area contributed by atoms with E-state index in [9.17, 15) is 9.59 Å². The van der Waals surface area contributed by atoms with Crippen LogP contribution in [0.4, 0.5) is 0 Å². The van der Waals surface area contributed by atoms with Gasteiger partial charge in [-0.3, -0.25) is 4.79 Å². The number of aromatic nitrogens is 1. The molecule has 0 aliphatic rings. The quantitative estimate of drug-likeness (QED) is 0.553. The van der Waals surface area contributed by atoms with Crippen molar-refractivity contribution in [3.8, 4) is 0 Å². The lowest BCUT2D eigenvalue weighted by atomic mass is 10.1. The van der Waals surface area contributed by atoms with Crippen molar-refractivity contribution in [1.29, 1.82) is 0 Å². The molecule has 6 heteroatoms. The Bertz CT molecular complexity index is 740. The van der Waals surface area contributed by atoms with Crippen molar-refractivity contribution in [2.24, 2.45) is 0 Å². The Morgan fingerprint density at radius 2 is 1.85 bits per heavy atom. The van der Waals surface area contributed by atoms with Gasteiger partial charge >= 0.3 is 5.97 Å². The van der Waals surface area contributed by atoms with Crippen LogP contribution in [0.1, 0.15) is 71.5 Å². The summed E-state index contributed by atoms with van der Waals surface area (Å²) in [5.41, 5.74) is 2.25. The number of nitrogens with zero attached hydrogens (tertiary/aromatic N) is 2. The summed E-state index contributed by atoms with van der Waals surface area (Å²) in [5.74, 6) is -0.428. The molecule has 5 nitrogen and oxygen atoms in total. The molecule has 0 unspecified atom stereocenters. The van der Waals surface area contributed by atoms with E-state index in [2.05, 4.69) is 11.9 Å². The van der Waals surface area contributed by atoms with E-state index in [1.54, 1.807) is 17.2 Å². The molecular formula is C21H28N2O3S. The predicted molar refractivity (Wildman–Crippen MR) is 108 cm³/mol. The molecule has 2 aromatic rings. The fourth-order valence-electron chi connectivity index (χ4n) is 2.75. The molecule has 0 fully saturated rings. The molecule has 1 amide bonds. The maximum absolute atomic E-state index is 12.9. The third-order valence-electron chi connectivity index (χ3n) is 4.16. The molecule has 27 heavy (non-hydrogen) atoms. The summed E-state index contributed by atoms with van der Waals surface area (Å²) in [7, 11) is 0. The van der Waals surface area contributed by atoms with Gasteiger partial charge in [-0.2, -0.15) is 0 Å². The van der Waals surface area contributed by atoms with Crippen LogP contribution in [0.15, 0.2) is 29.6 Å². The number of unbranched alkanes of at least 4 members (excludes halogenated alkanes) is 1. The van der Waals surface area contributed by atoms with Gasteiger partial charge in [-0.15, -0.1) is 11.3 Å². The minimum Gasteiger partial charge on any atom is -0.461 e. The third kappa shape index (κ3) is 6.17. The minimum absolute atomic E-state index is 0.00761. The highest BCUT2D eigenvalue weighted by atomic mass is 32.1. The van der Waals surface area contributed by atoms with E-state index in [0.717, 1.165) is 30.7 Å². The topological polar surface area (TPSA) is 59.5 Å². The average molecular weight is 389 g/mol. The number of amides is 1. The van der Waals surface area contributed by atoms with Gasteiger partial charge in [-0.05, 0) is 43.9 Å². The van der Waals surface area contributed by atoms with Crippen molar-refractivity contribution >= 4 is 23.2 Å². The van der Waals surface area contributed by atoms with E-state index in [-0.39, 0.29) is 5.91 Å². The lowest BCUT2D eigenvalue weighted by Gasteiger charge is -2.21. The monoisotopic (exact) mass is 388 g/mol. The summed E-state index contributed by atoms with van der Waals surface area (Å²) in [5, 5.41) is 2.42. The molecule has 2 rings (SSSR count). The molecule has 1 aromatic heterocycles. The Balaban J connectivity index is 2.07. The first-order valence-electron chi connectivity index (χ1n) is 9.58. The van der Waals surface area contributed by atoms with Crippen LogP contribution in [0.2, 0.25) is 0 Å². The van der Waals surface area contributed by atoms with E-state index in [0.29, 0.717) is 31.0 Å². The fourth-order valence-corrected chi connectivity index (χ4v) is 3.52. The second-order valence-corrected chi connectivity index (χ2v) is 7.32. The number of hydrogen-bond donors (Lipinski definition) is 0. The van der Waals surface area contributed by atoms with Gasteiger partial charge in [0.05, 0.1) is 13.2 Å². The van der Waals surface area contributed by atoms with Gasteiger partial charge in [0.25, 0.3) is 5.91 Å². The van der Waals surface area contributed by atoms with Gasteiger partial charge in [0.2, 0.25) is 0 Å². The Morgan fingerprint density at radius 3 is 2.48 bits per heavy atom. The van der Waals surface area contributed by atoms with E-state index < -0.39 is 5.97 Å². The van der Waals surface area contributed by atoms with Gasteiger partial charge in [0.1, 0.15) is 5.01 Å². The molecule has 0 saturated heterocycles. The fraction of sp³-hybridized carbons (Fsp3) is 0.476. The summed E-state index contributed by atoms with van der Waals surface area (Å²) >= 11 is 1.38. The molecule has 0 aliphatic heterocycles. The van der Waals surface area contributed by atoms with Crippen molar-refractivity contribution in [2.45, 2.75) is 53.0 Å². The molecule has 0 aliphatic carbocycles. The number of benzene rings is 1. The Kier molecular flexibility index (Phi) is 8.45. The number of aryl methyl sites for hydroxylation is 1. The highest BCUT2D eigenvalue weighted by Crippen LogP contribution is 2.17. The van der Waals surface area contributed by atoms with Crippen molar-refractivity contribution in [2.75, 3.05) is 13.2 Å². The summed E-state index contributed by atoms with van der Waals surface area (Å²) in [6, 6.07) is 7.88. The van der Waals surface area contributed by atoms with Crippen LogP contribution in [0.3, 0.4) is 0 Å². The second-order valence-electron chi connectivity index (χ2n) is 6.37. The standard InChI is InChI=1S/C21H28N2O3S/c1-4-7-8-16-9-11-17(12-10-16)20(24)23(13-5-2)14-19-22-18(15-27-19)21(25)26-6-3/h9-12,15H,4-8,13-14H2,1-3H3. The summed E-state index contributed by atoms with van der Waals surface area (Å²) in [6.45, 7) is 7.34. The number of hydrogen-bond acceptors (Lipinski definition) is 5. The molecule has 146 valence electrons. The molecule has 0 N–H and O–H groups in total. The van der Waals surface area contributed by atoms with Crippen LogP contribution in [0.25, 0.3) is 0 Å². The van der Waals surface area contributed by atoms with Gasteiger partial charge in [0, 0.05) is 17.5 Å². The molecule has 0 radical (unpaired) electrons. The zero-order valence-electron chi connectivity index (χ0n) is 16.4. The number of carbonyl (C=O) groups excluding carboxylic acids is 2. The van der Waals surface area contributed by atoms with Crippen molar-refractivity contribution in [3.63, 3.8) is 0 Å². The Labute approximate surface area is 165 Å². The van der Waals surface area contributed by atoms with Gasteiger partial charge < -0.3 is 9.64 Å². The van der Waals surface area contributed by atoms with Gasteiger partial charge in [-0.25, -0.2) is 9.78 Å². The van der Waals surface area contributed by atoms with E-state index in [1.807, 2.05) is 31.2 Å². The number of esters is 1. The number of thiazole rings is 1. The number of rotatable bonds is 10. The van der Waals surface area contributed by atoms with Crippen LogP contribution in [-0.2, 0) is 17.7 Å². The molecule has 1 aromatic carbocycles. The van der Waals surface area contributed by atoms with E-state index >= 15 is 0 Å². The van der Waals surface area contributed by atoms with Gasteiger partial charge in [-0.1, -0.05) is 32.4 Å². The van der Waals surface area contributed by atoms with Crippen LogP contribution >= 0.6 is 11.3 Å². The van der Waals surface area contributed by atoms with Crippen LogP contribution in [-0.4, -0.2) is 34.9 Å². The largest absolute Gasteiger partial charge is 0.461 e. The van der Waals surface area contributed by atoms with Crippen molar-refractivity contribution in [3.05, 3.63) is 51.5 Å². The summed E-state index contributed by atoms with van der Waals surface area (Å²) < 4.78 is 4.97. The van der Waals surface area contributed by atoms with Crippen molar-refractivity contribution in [1.82, 2.24) is 9.88 Å². The molecule has 0 bridgehead atoms. The van der Waals surface area contributed by atoms with Crippen molar-refractivity contribution < 1.29 is 14.3 Å². The molecule has 1 heterocycles. The highest BCUT2D eigenvalue weighted by Gasteiger charge is 2.18. The Hall–Kier alpha value is -2.21. The lowest BCUT2D eigenvalue weighted by molar-refractivity contribution is 0.0520. The third-order valence-corrected chi connectivity index (χ3v) is 5.00. The van der Waals surface area contributed by atoms with Crippen LogP contribution in [0, 0.1) is 0 Å². The SMILES string of the molecule is CCCCc1ccc(C(=O)N(CCC)Cc2nc(C(=O)OCC)cs2)cc1. The lowest BCUT2D eigenvalue weighted by Crippen LogP contribution is -2.31. The Morgan fingerprint density at radius 1 is 1.11 bits per heavy atom. The second kappa shape index (κ2) is 10.8. The van der Waals surface area contributed by atoms with Crippen LogP contribution < -0.4 is 0 Å². The smallest absolute Gasteiger partial charge is 0.357 e. The van der Waals surface area contributed by atoms with E-state index in [4.69, 9.17) is 4.74 Å². The predicted octanol–water partition coefficient (Wildman–Crippen LogP) is 4.71. The molecular weight excluding hydrogens is 360 g/mol. The average Bonchev–Trinajstić information content (AvgIpc) is 3.15. The first-order valence-corrected chi connectivity index (χ1v) is 10.5. The van der Waals surface area contributed by atoms with Gasteiger partial charge in [0.15, 0.2) is 5.69 Å². The molecule has 0 atom stereocenters. The maximum Gasteiger partial charge on any atom is 0.357 e. The number of carbonyl (C=O) groups is 2. The number of ether oxygens (including phenoxy) is 1.